The molecule has 3 heterocycles. The van der Waals surface area contributed by atoms with Crippen molar-refractivity contribution in [1.29, 1.82) is 0 Å². The number of anilines is 2. The fourth-order valence-corrected chi connectivity index (χ4v) is 6.99. The summed E-state index contributed by atoms with van der Waals surface area (Å²) in [4.78, 5) is 39.4. The van der Waals surface area contributed by atoms with E-state index >= 15 is 0 Å². The first-order chi connectivity index (χ1) is 20.4. The Morgan fingerprint density at radius 1 is 1.09 bits per heavy atom. The summed E-state index contributed by atoms with van der Waals surface area (Å²) >= 11 is 2.17. The van der Waals surface area contributed by atoms with Crippen molar-refractivity contribution in [3.05, 3.63) is 6.33 Å². The van der Waals surface area contributed by atoms with Gasteiger partial charge in [0.2, 0.25) is 5.95 Å². The molecular formula is C28H43N6O7PS2. The van der Waals surface area contributed by atoms with Crippen molar-refractivity contribution < 1.29 is 32.5 Å². The van der Waals surface area contributed by atoms with Crippen LogP contribution in [-0.4, -0.2) is 81.3 Å². The molecule has 2 N–H and O–H groups in total. The summed E-state index contributed by atoms with van der Waals surface area (Å²) in [5.74, 6) is 3.55. The van der Waals surface area contributed by atoms with Gasteiger partial charge in [0.15, 0.2) is 33.4 Å². The molecule has 0 bridgehead atoms. The Balaban J connectivity index is 1.69. The number of imidazole rings is 1. The molecule has 0 amide bonds. The van der Waals surface area contributed by atoms with Gasteiger partial charge in [0.1, 0.15) is 0 Å². The van der Waals surface area contributed by atoms with Crippen LogP contribution in [0.1, 0.15) is 54.2 Å². The highest BCUT2D eigenvalue weighted by atomic mass is 32.2. The molecule has 3 atom stereocenters. The highest BCUT2D eigenvalue weighted by Crippen LogP contribution is 2.51. The van der Waals surface area contributed by atoms with Crippen molar-refractivity contribution in [3.8, 4) is 12.3 Å². The molecule has 0 spiro atoms. The fourth-order valence-electron chi connectivity index (χ4n) is 3.97. The Labute approximate surface area is 267 Å². The van der Waals surface area contributed by atoms with Crippen LogP contribution in [0.5, 0.6) is 0 Å². The van der Waals surface area contributed by atoms with Gasteiger partial charge in [-0.25, -0.2) is 9.55 Å². The summed E-state index contributed by atoms with van der Waals surface area (Å²) in [6.07, 6.45) is 6.65. The van der Waals surface area contributed by atoms with Crippen LogP contribution < -0.4 is 10.6 Å². The van der Waals surface area contributed by atoms with Crippen molar-refractivity contribution >= 4 is 64.5 Å². The van der Waals surface area contributed by atoms with Gasteiger partial charge in [0.05, 0.1) is 38.2 Å². The second-order valence-corrected chi connectivity index (χ2v) is 16.3. The zero-order chi connectivity index (χ0) is 32.9. The Morgan fingerprint density at radius 2 is 1.66 bits per heavy atom. The molecule has 1 fully saturated rings. The third-order valence-corrected chi connectivity index (χ3v) is 10.3. The molecule has 0 unspecified atom stereocenters. The largest absolute Gasteiger partial charge is 0.474 e. The van der Waals surface area contributed by atoms with E-state index in [1.165, 1.54) is 0 Å². The zero-order valence-electron chi connectivity index (χ0n) is 26.6. The summed E-state index contributed by atoms with van der Waals surface area (Å²) in [6.45, 7) is 10.7. The lowest BCUT2D eigenvalue weighted by atomic mass is 9.99. The molecule has 3 rings (SSSR count). The molecule has 0 radical (unpaired) electrons. The molecule has 44 heavy (non-hydrogen) atoms. The average molecular weight is 671 g/mol. The number of carbonyl (C=O) groups is 2. The van der Waals surface area contributed by atoms with Gasteiger partial charge in [-0.15, -0.1) is 6.42 Å². The predicted molar refractivity (Wildman–Crippen MR) is 174 cm³/mol. The summed E-state index contributed by atoms with van der Waals surface area (Å²) in [5, 5.41) is -0.0327. The Bertz CT molecular complexity index is 1380. The second-order valence-electron chi connectivity index (χ2n) is 12.5. The Morgan fingerprint density at radius 3 is 2.16 bits per heavy atom. The number of nitrogens with two attached hydrogens (primary N) is 1. The van der Waals surface area contributed by atoms with Crippen LogP contribution >= 0.6 is 31.3 Å². The van der Waals surface area contributed by atoms with Crippen molar-refractivity contribution in [3.63, 3.8) is 0 Å². The summed E-state index contributed by atoms with van der Waals surface area (Å²) < 4.78 is 38.5. The van der Waals surface area contributed by atoms with Crippen LogP contribution in [0.3, 0.4) is 0 Å². The number of hydrogen-bond donors (Lipinski definition) is 1. The van der Waals surface area contributed by atoms with Crippen LogP contribution in [0.25, 0.3) is 11.2 Å². The quantitative estimate of drug-likeness (QED) is 0.176. The number of carbonyl (C=O) groups excluding carboxylic acids is 2. The summed E-state index contributed by atoms with van der Waals surface area (Å²) in [5.41, 5.74) is 5.93. The number of ether oxygens (including phenoxy) is 1. The maximum Gasteiger partial charge on any atom is 0.474 e. The van der Waals surface area contributed by atoms with E-state index in [2.05, 4.69) is 20.9 Å². The first-order valence-electron chi connectivity index (χ1n) is 14.1. The van der Waals surface area contributed by atoms with Crippen LogP contribution in [0.4, 0.5) is 11.8 Å². The molecule has 13 nitrogen and oxygen atoms in total. The molecule has 1 saturated heterocycles. The highest BCUT2D eigenvalue weighted by Gasteiger charge is 2.39. The van der Waals surface area contributed by atoms with E-state index in [-0.39, 0.29) is 53.4 Å². The maximum atomic E-state index is 13.6. The monoisotopic (exact) mass is 670 g/mol. The third-order valence-electron chi connectivity index (χ3n) is 6.30. The Kier molecular flexibility index (Phi) is 12.3. The number of nitrogen functional groups attached to an aromatic ring is 1. The van der Waals surface area contributed by atoms with E-state index in [1.807, 2.05) is 55.6 Å². The number of aromatic nitrogens is 4. The molecule has 0 saturated carbocycles. The van der Waals surface area contributed by atoms with Gasteiger partial charge in [-0.3, -0.25) is 27.7 Å². The average Bonchev–Trinajstić information content (AvgIpc) is 3.54. The minimum Gasteiger partial charge on any atom is -0.368 e. The molecule has 244 valence electrons. The van der Waals surface area contributed by atoms with E-state index in [4.69, 9.17) is 30.5 Å². The summed E-state index contributed by atoms with van der Waals surface area (Å²) in [6, 6.07) is 0. The van der Waals surface area contributed by atoms with Gasteiger partial charge in [0.25, 0.3) is 0 Å². The lowest BCUT2D eigenvalue weighted by Crippen LogP contribution is -2.19. The van der Waals surface area contributed by atoms with Crippen LogP contribution in [-0.2, 0) is 32.5 Å². The van der Waals surface area contributed by atoms with Gasteiger partial charge in [-0.1, -0.05) is 71.0 Å². The van der Waals surface area contributed by atoms with Gasteiger partial charge >= 0.3 is 7.82 Å². The number of fused-ring (bicyclic) bond motifs is 1. The van der Waals surface area contributed by atoms with Crippen molar-refractivity contribution in [2.45, 2.75) is 60.3 Å². The Hall–Kier alpha value is -2.18. The number of hydrogen-bond acceptors (Lipinski definition) is 14. The van der Waals surface area contributed by atoms with E-state index in [9.17, 15) is 14.2 Å². The molecule has 2 aromatic rings. The van der Waals surface area contributed by atoms with Crippen molar-refractivity contribution in [2.24, 2.45) is 16.7 Å². The lowest BCUT2D eigenvalue weighted by molar-refractivity contribution is -0.118. The van der Waals surface area contributed by atoms with Crippen molar-refractivity contribution in [2.75, 3.05) is 56.1 Å². The molecule has 0 aromatic carbocycles. The van der Waals surface area contributed by atoms with Crippen LogP contribution in [0, 0.1) is 29.1 Å². The first-order valence-corrected chi connectivity index (χ1v) is 17.6. The number of phosphoric ester groups is 1. The topological polar surface area (TPSA) is 161 Å². The molecule has 1 aliphatic heterocycles. The highest BCUT2D eigenvalue weighted by molar-refractivity contribution is 8.14. The number of thioether (sulfide) groups is 2. The SMILES string of the molecule is C#C[C@H]1C[C@@H](COP(=O)(OCCSC(=O)C(C)(C)C)OCCSC(=O)C(C)(C)C)O[C@H]1n1cnc2c(N(C)C)nc(N)nc21. The smallest absolute Gasteiger partial charge is 0.368 e. The molecule has 16 heteroatoms. The predicted octanol–water partition coefficient (Wildman–Crippen LogP) is 4.78. The number of terminal acetylenes is 1. The number of phosphoric acid groups is 1. The van der Waals surface area contributed by atoms with Gasteiger partial charge in [-0.05, 0) is 6.42 Å². The maximum absolute atomic E-state index is 13.6. The second kappa shape index (κ2) is 14.9. The first kappa shape index (κ1) is 36.3. The minimum atomic E-state index is -4.09. The van der Waals surface area contributed by atoms with E-state index in [0.29, 0.717) is 23.4 Å². The normalized spacial score (nSPS) is 19.3. The fraction of sp³-hybridized carbons (Fsp3) is 0.679. The van der Waals surface area contributed by atoms with Gasteiger partial charge in [-0.2, -0.15) is 9.97 Å². The van der Waals surface area contributed by atoms with E-state index < -0.39 is 31.0 Å². The van der Waals surface area contributed by atoms with E-state index in [1.54, 1.807) is 15.8 Å². The van der Waals surface area contributed by atoms with Gasteiger partial charge in [0, 0.05) is 36.4 Å². The number of rotatable bonds is 13. The molecule has 0 aliphatic carbocycles. The van der Waals surface area contributed by atoms with Crippen LogP contribution in [0.2, 0.25) is 0 Å². The zero-order valence-corrected chi connectivity index (χ0v) is 29.1. The lowest BCUT2D eigenvalue weighted by Gasteiger charge is -2.21. The number of nitrogens with zero attached hydrogens (tertiary/aromatic N) is 5. The van der Waals surface area contributed by atoms with Gasteiger partial charge < -0.3 is 15.4 Å². The van der Waals surface area contributed by atoms with Crippen molar-refractivity contribution in [1.82, 2.24) is 19.5 Å². The summed E-state index contributed by atoms with van der Waals surface area (Å²) in [7, 11) is -0.431. The molecule has 2 aromatic heterocycles. The minimum absolute atomic E-state index is 0.0164. The van der Waals surface area contributed by atoms with Crippen LogP contribution in [0.15, 0.2) is 6.33 Å². The standard InChI is InChI=1S/C28H43N6O7PS2/c1-10-18-15-19(41-23(18)34-17-30-20-21(33(8)9)31-26(29)32-22(20)34)16-40-42(37,38-11-13-43-24(35)27(2,3)4)39-12-14-44-25(36)28(5,6)7/h1,17-19,23H,11-16H2,2-9H3,(H2,29,31,32)/t18-,19-,23+/m0/s1. The molecular weight excluding hydrogens is 627 g/mol. The molecule has 1 aliphatic rings. The third kappa shape index (κ3) is 9.66. The van der Waals surface area contributed by atoms with E-state index in [0.717, 1.165) is 23.5 Å².